The van der Waals surface area contributed by atoms with Crippen molar-refractivity contribution in [3.05, 3.63) is 48.5 Å². The van der Waals surface area contributed by atoms with Gasteiger partial charge >= 0.3 is 0 Å². The molecule has 1 aromatic carbocycles. The van der Waals surface area contributed by atoms with Gasteiger partial charge in [-0.1, -0.05) is 25.3 Å². The summed E-state index contributed by atoms with van der Waals surface area (Å²) < 4.78 is 1.86. The summed E-state index contributed by atoms with van der Waals surface area (Å²) in [4.78, 5) is 30.7. The summed E-state index contributed by atoms with van der Waals surface area (Å²) >= 11 is 0. The number of nitrogens with zero attached hydrogens (tertiary/aromatic N) is 3. The van der Waals surface area contributed by atoms with Crippen LogP contribution < -0.4 is 5.32 Å². The Bertz CT molecular complexity index is 736. The minimum atomic E-state index is -0.0797. The number of amides is 2. The van der Waals surface area contributed by atoms with Gasteiger partial charge in [-0.2, -0.15) is 0 Å². The van der Waals surface area contributed by atoms with Crippen molar-refractivity contribution in [1.82, 2.24) is 14.5 Å². The van der Waals surface area contributed by atoms with Gasteiger partial charge in [0, 0.05) is 49.7 Å². The topological polar surface area (TPSA) is 67.2 Å². The number of aromatic nitrogens is 2. The quantitative estimate of drug-likeness (QED) is 0.865. The van der Waals surface area contributed by atoms with Crippen molar-refractivity contribution in [2.24, 2.45) is 0 Å². The Morgan fingerprint density at radius 3 is 2.81 bits per heavy atom. The van der Waals surface area contributed by atoms with E-state index in [0.717, 1.165) is 12.8 Å². The van der Waals surface area contributed by atoms with Gasteiger partial charge in [0.05, 0.1) is 6.33 Å². The molecule has 1 fully saturated rings. The van der Waals surface area contributed by atoms with Crippen LogP contribution in [0.4, 0.5) is 5.69 Å². The predicted molar refractivity (Wildman–Crippen MR) is 101 cm³/mol. The molecule has 2 aromatic rings. The summed E-state index contributed by atoms with van der Waals surface area (Å²) in [5.41, 5.74) is 1.27. The van der Waals surface area contributed by atoms with Gasteiger partial charge in [-0.05, 0) is 31.0 Å². The molecule has 1 heterocycles. The van der Waals surface area contributed by atoms with E-state index in [1.54, 1.807) is 18.6 Å². The highest BCUT2D eigenvalue weighted by molar-refractivity contribution is 5.97. The highest BCUT2D eigenvalue weighted by atomic mass is 16.2. The molecular formula is C20H26N4O2. The Balaban J connectivity index is 1.58. The number of benzene rings is 1. The van der Waals surface area contributed by atoms with E-state index < -0.39 is 0 Å². The summed E-state index contributed by atoms with van der Waals surface area (Å²) in [6.07, 6.45) is 11.4. The maximum atomic E-state index is 12.8. The number of aryl methyl sites for hydroxylation is 1. The smallest absolute Gasteiger partial charge is 0.253 e. The molecule has 0 aliphatic heterocycles. The molecule has 0 atom stereocenters. The molecule has 1 aliphatic rings. The Hall–Kier alpha value is -2.63. The molecular weight excluding hydrogens is 328 g/mol. The number of carbonyl (C=O) groups excluding carboxylic acids is 2. The van der Waals surface area contributed by atoms with Crippen molar-refractivity contribution < 1.29 is 9.59 Å². The van der Waals surface area contributed by atoms with Crippen LogP contribution in [0.25, 0.3) is 0 Å². The second-order valence-electron chi connectivity index (χ2n) is 6.89. The third kappa shape index (κ3) is 4.71. The average molecular weight is 354 g/mol. The highest BCUT2D eigenvalue weighted by Gasteiger charge is 2.23. The van der Waals surface area contributed by atoms with Gasteiger partial charge in [0.15, 0.2) is 0 Å². The molecule has 1 N–H and O–H groups in total. The lowest BCUT2D eigenvalue weighted by molar-refractivity contribution is -0.116. The fraction of sp³-hybridized carbons (Fsp3) is 0.450. The maximum absolute atomic E-state index is 12.8. The van der Waals surface area contributed by atoms with E-state index in [4.69, 9.17) is 0 Å². The first-order chi connectivity index (χ1) is 12.6. The minimum absolute atomic E-state index is 0.0198. The predicted octanol–water partition coefficient (Wildman–Crippen LogP) is 3.32. The van der Waals surface area contributed by atoms with Gasteiger partial charge in [-0.15, -0.1) is 0 Å². The molecule has 0 spiro atoms. The van der Waals surface area contributed by atoms with E-state index in [9.17, 15) is 9.59 Å². The number of carbonyl (C=O) groups is 2. The van der Waals surface area contributed by atoms with Crippen molar-refractivity contribution >= 4 is 17.5 Å². The Kier molecular flexibility index (Phi) is 6.04. The summed E-state index contributed by atoms with van der Waals surface area (Å²) in [6.45, 7) is 0.578. The first-order valence-corrected chi connectivity index (χ1v) is 9.26. The van der Waals surface area contributed by atoms with Gasteiger partial charge in [0.2, 0.25) is 5.91 Å². The molecule has 1 aromatic heterocycles. The SMILES string of the molecule is CN(C(=O)c1cccc(NC(=O)CCn2ccnc2)c1)C1CCCCC1. The van der Waals surface area contributed by atoms with Crippen molar-refractivity contribution in [2.75, 3.05) is 12.4 Å². The van der Waals surface area contributed by atoms with Crippen LogP contribution >= 0.6 is 0 Å². The number of hydrogen-bond donors (Lipinski definition) is 1. The molecule has 1 saturated carbocycles. The third-order valence-electron chi connectivity index (χ3n) is 4.99. The van der Waals surface area contributed by atoms with E-state index in [1.165, 1.54) is 19.3 Å². The number of rotatable bonds is 6. The molecule has 0 radical (unpaired) electrons. The van der Waals surface area contributed by atoms with E-state index in [1.807, 2.05) is 40.9 Å². The zero-order valence-electron chi connectivity index (χ0n) is 15.2. The number of imidazole rings is 1. The Labute approximate surface area is 154 Å². The van der Waals surface area contributed by atoms with E-state index >= 15 is 0 Å². The lowest BCUT2D eigenvalue weighted by atomic mass is 9.94. The van der Waals surface area contributed by atoms with Gasteiger partial charge in [0.1, 0.15) is 0 Å². The molecule has 26 heavy (non-hydrogen) atoms. The van der Waals surface area contributed by atoms with E-state index in [-0.39, 0.29) is 11.8 Å². The van der Waals surface area contributed by atoms with Crippen LogP contribution in [0.5, 0.6) is 0 Å². The lowest BCUT2D eigenvalue weighted by Gasteiger charge is -2.31. The van der Waals surface area contributed by atoms with Crippen molar-refractivity contribution in [3.8, 4) is 0 Å². The van der Waals surface area contributed by atoms with Crippen LogP contribution in [0.3, 0.4) is 0 Å². The number of nitrogens with one attached hydrogen (secondary N) is 1. The van der Waals surface area contributed by atoms with Gasteiger partial charge < -0.3 is 14.8 Å². The molecule has 0 unspecified atom stereocenters. The van der Waals surface area contributed by atoms with Crippen LogP contribution in [-0.2, 0) is 11.3 Å². The monoisotopic (exact) mass is 354 g/mol. The molecule has 3 rings (SSSR count). The summed E-state index contributed by atoms with van der Waals surface area (Å²) in [5.74, 6) is -0.0599. The maximum Gasteiger partial charge on any atom is 0.253 e. The van der Waals surface area contributed by atoms with Crippen LogP contribution in [0.2, 0.25) is 0 Å². The molecule has 2 amide bonds. The minimum Gasteiger partial charge on any atom is -0.339 e. The van der Waals surface area contributed by atoms with Crippen LogP contribution in [-0.4, -0.2) is 39.4 Å². The second-order valence-corrected chi connectivity index (χ2v) is 6.89. The summed E-state index contributed by atoms with van der Waals surface area (Å²) in [6, 6.07) is 7.52. The Morgan fingerprint density at radius 1 is 1.27 bits per heavy atom. The molecule has 6 nitrogen and oxygen atoms in total. The summed E-state index contributed by atoms with van der Waals surface area (Å²) in [7, 11) is 1.88. The van der Waals surface area contributed by atoms with Gasteiger partial charge in [-0.25, -0.2) is 4.98 Å². The normalized spacial score (nSPS) is 14.8. The molecule has 0 saturated heterocycles. The van der Waals surface area contributed by atoms with Gasteiger partial charge in [-0.3, -0.25) is 9.59 Å². The number of hydrogen-bond acceptors (Lipinski definition) is 3. The van der Waals surface area contributed by atoms with Crippen LogP contribution in [0.1, 0.15) is 48.9 Å². The van der Waals surface area contributed by atoms with Crippen LogP contribution in [0.15, 0.2) is 43.0 Å². The third-order valence-corrected chi connectivity index (χ3v) is 4.99. The largest absolute Gasteiger partial charge is 0.339 e. The number of anilines is 1. The molecule has 6 heteroatoms. The standard InChI is InChI=1S/C20H26N4O2/c1-23(18-8-3-2-4-9-18)20(26)16-6-5-7-17(14-16)22-19(25)10-12-24-13-11-21-15-24/h5-7,11,13-15,18H,2-4,8-10,12H2,1H3,(H,22,25). The lowest BCUT2D eigenvalue weighted by Crippen LogP contribution is -2.38. The first-order valence-electron chi connectivity index (χ1n) is 9.26. The molecule has 1 aliphatic carbocycles. The van der Waals surface area contributed by atoms with E-state index in [2.05, 4.69) is 10.3 Å². The molecule has 138 valence electrons. The van der Waals surface area contributed by atoms with Crippen molar-refractivity contribution in [3.63, 3.8) is 0 Å². The second kappa shape index (κ2) is 8.65. The Morgan fingerprint density at radius 2 is 2.08 bits per heavy atom. The summed E-state index contributed by atoms with van der Waals surface area (Å²) in [5, 5.41) is 2.87. The fourth-order valence-electron chi connectivity index (χ4n) is 3.44. The first kappa shape index (κ1) is 18.2. The highest BCUT2D eigenvalue weighted by Crippen LogP contribution is 2.23. The zero-order valence-corrected chi connectivity index (χ0v) is 15.2. The van der Waals surface area contributed by atoms with Crippen molar-refractivity contribution in [2.45, 2.75) is 51.1 Å². The fourth-order valence-corrected chi connectivity index (χ4v) is 3.44. The van der Waals surface area contributed by atoms with Crippen molar-refractivity contribution in [1.29, 1.82) is 0 Å². The van der Waals surface area contributed by atoms with E-state index in [0.29, 0.717) is 30.3 Å². The average Bonchev–Trinajstić information content (AvgIpc) is 3.20. The van der Waals surface area contributed by atoms with Gasteiger partial charge in [0.25, 0.3) is 5.91 Å². The van der Waals surface area contributed by atoms with Crippen LogP contribution in [0, 0.1) is 0 Å². The molecule has 0 bridgehead atoms. The zero-order chi connectivity index (χ0) is 18.4.